The van der Waals surface area contributed by atoms with Crippen LogP contribution < -0.4 is 4.74 Å². The topological polar surface area (TPSA) is 44.1 Å². The molecule has 1 heterocycles. The van der Waals surface area contributed by atoms with Gasteiger partial charge in [-0.05, 0) is 35.0 Å². The molecule has 0 saturated heterocycles. The highest BCUT2D eigenvalue weighted by Gasteiger charge is 2.24. The number of aryl methyl sites for hydroxylation is 1. The number of nitrogens with zero attached hydrogens (tertiary/aromatic N) is 2. The van der Waals surface area contributed by atoms with Crippen molar-refractivity contribution in [2.75, 3.05) is 7.11 Å². The van der Waals surface area contributed by atoms with E-state index in [1.165, 1.54) is 24.1 Å². The summed E-state index contributed by atoms with van der Waals surface area (Å²) in [5.74, 6) is -2.33. The highest BCUT2D eigenvalue weighted by atomic mass is 79.9. The number of rotatable bonds is 4. The van der Waals surface area contributed by atoms with Gasteiger partial charge < -0.3 is 4.74 Å². The van der Waals surface area contributed by atoms with Gasteiger partial charge in [-0.2, -0.15) is 5.10 Å². The van der Waals surface area contributed by atoms with Gasteiger partial charge in [-0.1, -0.05) is 0 Å². The molecule has 2 aromatic rings. The Kier molecular flexibility index (Phi) is 4.17. The lowest BCUT2D eigenvalue weighted by Crippen LogP contribution is -2.13. The van der Waals surface area contributed by atoms with Crippen LogP contribution in [0, 0.1) is 11.6 Å². The van der Waals surface area contributed by atoms with Crippen molar-refractivity contribution in [3.8, 4) is 5.75 Å². The first-order chi connectivity index (χ1) is 9.51. The monoisotopic (exact) mass is 344 g/mol. The third-order valence-corrected chi connectivity index (χ3v) is 3.60. The summed E-state index contributed by atoms with van der Waals surface area (Å²) in [6.07, 6.45) is 1.41. The normalized spacial score (nSPS) is 10.7. The Morgan fingerprint density at radius 3 is 2.75 bits per heavy atom. The van der Waals surface area contributed by atoms with Gasteiger partial charge in [-0.15, -0.1) is 0 Å². The molecule has 0 spiro atoms. The van der Waals surface area contributed by atoms with Gasteiger partial charge in [0.25, 0.3) is 0 Å². The first kappa shape index (κ1) is 14.6. The molecule has 0 aliphatic carbocycles. The molecule has 106 valence electrons. The van der Waals surface area contributed by atoms with Gasteiger partial charge in [0, 0.05) is 12.1 Å². The molecule has 0 radical (unpaired) electrons. The zero-order valence-electron chi connectivity index (χ0n) is 10.8. The lowest BCUT2D eigenvalue weighted by atomic mass is 10.1. The number of hydrogen-bond acceptors (Lipinski definition) is 3. The second kappa shape index (κ2) is 5.70. The number of ketones is 1. The van der Waals surface area contributed by atoms with Crippen LogP contribution in [0.2, 0.25) is 0 Å². The van der Waals surface area contributed by atoms with Crippen molar-refractivity contribution in [3.05, 3.63) is 45.7 Å². The molecule has 1 aromatic heterocycles. The minimum atomic E-state index is -1.10. The summed E-state index contributed by atoms with van der Waals surface area (Å²) in [5, 5.41) is 4.01. The Bertz CT molecular complexity index is 649. The van der Waals surface area contributed by atoms with E-state index in [0.717, 1.165) is 6.07 Å². The van der Waals surface area contributed by atoms with E-state index in [0.29, 0.717) is 6.54 Å². The fourth-order valence-electron chi connectivity index (χ4n) is 1.82. The van der Waals surface area contributed by atoms with Crippen molar-refractivity contribution in [1.82, 2.24) is 9.78 Å². The van der Waals surface area contributed by atoms with E-state index in [9.17, 15) is 13.6 Å². The third kappa shape index (κ3) is 2.33. The van der Waals surface area contributed by atoms with Crippen LogP contribution in [0.4, 0.5) is 8.78 Å². The van der Waals surface area contributed by atoms with Crippen LogP contribution in [0.1, 0.15) is 23.0 Å². The van der Waals surface area contributed by atoms with Crippen LogP contribution in [-0.2, 0) is 6.54 Å². The summed E-state index contributed by atoms with van der Waals surface area (Å²) in [6, 6.07) is 2.13. The zero-order chi connectivity index (χ0) is 14.9. The molecule has 1 aromatic carbocycles. The maximum absolute atomic E-state index is 13.5. The fourth-order valence-corrected chi connectivity index (χ4v) is 2.32. The van der Waals surface area contributed by atoms with Gasteiger partial charge in [0.1, 0.15) is 0 Å². The second-order valence-electron chi connectivity index (χ2n) is 3.93. The summed E-state index contributed by atoms with van der Waals surface area (Å²) in [4.78, 5) is 12.5. The Morgan fingerprint density at radius 2 is 2.15 bits per heavy atom. The van der Waals surface area contributed by atoms with Crippen LogP contribution in [0.15, 0.2) is 22.8 Å². The molecule has 0 atom stereocenters. The first-order valence-corrected chi connectivity index (χ1v) is 6.58. The van der Waals surface area contributed by atoms with Crippen LogP contribution in [0.25, 0.3) is 0 Å². The molecule has 0 bridgehead atoms. The maximum Gasteiger partial charge on any atom is 0.216 e. The summed E-state index contributed by atoms with van der Waals surface area (Å²) in [7, 11) is 1.41. The fraction of sp³-hybridized carbons (Fsp3) is 0.231. The van der Waals surface area contributed by atoms with Gasteiger partial charge in [-0.25, -0.2) is 8.78 Å². The van der Waals surface area contributed by atoms with Crippen LogP contribution in [-0.4, -0.2) is 22.7 Å². The number of halogens is 3. The molecule has 0 fully saturated rings. The Morgan fingerprint density at radius 1 is 1.45 bits per heavy atom. The molecule has 7 heteroatoms. The van der Waals surface area contributed by atoms with Crippen molar-refractivity contribution in [2.24, 2.45) is 0 Å². The van der Waals surface area contributed by atoms with Gasteiger partial charge >= 0.3 is 0 Å². The highest BCUT2D eigenvalue weighted by molar-refractivity contribution is 9.10. The molecule has 4 nitrogen and oxygen atoms in total. The van der Waals surface area contributed by atoms with E-state index >= 15 is 0 Å². The molecular formula is C13H11BrF2N2O2. The van der Waals surface area contributed by atoms with E-state index in [1.807, 2.05) is 6.92 Å². The number of benzene rings is 1. The summed E-state index contributed by atoms with van der Waals surface area (Å²) in [6.45, 7) is 2.26. The van der Waals surface area contributed by atoms with Crippen LogP contribution in [0.5, 0.6) is 5.75 Å². The number of carbonyl (C=O) groups is 1. The number of methoxy groups -OCH3 is 1. The zero-order valence-corrected chi connectivity index (χ0v) is 12.4. The summed E-state index contributed by atoms with van der Waals surface area (Å²) < 4.78 is 32.9. The second-order valence-corrected chi connectivity index (χ2v) is 4.72. The van der Waals surface area contributed by atoms with Crippen molar-refractivity contribution in [1.29, 1.82) is 0 Å². The molecule has 0 unspecified atom stereocenters. The van der Waals surface area contributed by atoms with Crippen LogP contribution in [0.3, 0.4) is 0 Å². The minimum Gasteiger partial charge on any atom is -0.493 e. The average molecular weight is 345 g/mol. The molecule has 20 heavy (non-hydrogen) atoms. The van der Waals surface area contributed by atoms with E-state index < -0.39 is 17.4 Å². The van der Waals surface area contributed by atoms with E-state index in [1.54, 1.807) is 0 Å². The first-order valence-electron chi connectivity index (χ1n) is 5.79. The van der Waals surface area contributed by atoms with Gasteiger partial charge in [0.2, 0.25) is 5.78 Å². The number of ether oxygens (including phenoxy) is 1. The van der Waals surface area contributed by atoms with Gasteiger partial charge in [-0.3, -0.25) is 9.48 Å². The Hall–Kier alpha value is -1.76. The molecule has 0 N–H and O–H groups in total. The maximum atomic E-state index is 13.5. The number of aromatic nitrogens is 2. The van der Waals surface area contributed by atoms with Gasteiger partial charge in [0.05, 0.1) is 17.8 Å². The van der Waals surface area contributed by atoms with E-state index in [2.05, 4.69) is 21.0 Å². The molecule has 2 rings (SSSR count). The van der Waals surface area contributed by atoms with Crippen molar-refractivity contribution >= 4 is 21.7 Å². The molecule has 0 aliphatic heterocycles. The van der Waals surface area contributed by atoms with Gasteiger partial charge in [0.15, 0.2) is 23.1 Å². The SMILES string of the molecule is CCn1ncc(OC)c1C(=O)c1ccc(F)c(F)c1Br. The smallest absolute Gasteiger partial charge is 0.216 e. The van der Waals surface area contributed by atoms with Crippen LogP contribution >= 0.6 is 15.9 Å². The third-order valence-electron chi connectivity index (χ3n) is 2.82. The largest absolute Gasteiger partial charge is 0.493 e. The molecule has 0 aliphatic rings. The molecular weight excluding hydrogens is 334 g/mol. The highest BCUT2D eigenvalue weighted by Crippen LogP contribution is 2.28. The number of carbonyl (C=O) groups excluding carboxylic acids is 1. The quantitative estimate of drug-likeness (QED) is 0.632. The molecule has 0 saturated carbocycles. The molecule has 0 amide bonds. The Labute approximate surface area is 122 Å². The standard InChI is InChI=1S/C13H11BrF2N2O2/c1-3-18-12(9(20-2)6-17-18)13(19)7-4-5-8(15)11(16)10(7)14/h4-6H,3H2,1-2H3. The van der Waals surface area contributed by atoms with Crippen molar-refractivity contribution in [3.63, 3.8) is 0 Å². The lowest BCUT2D eigenvalue weighted by Gasteiger charge is -2.08. The Balaban J connectivity index is 2.57. The lowest BCUT2D eigenvalue weighted by molar-refractivity contribution is 0.102. The minimum absolute atomic E-state index is 0.0115. The van der Waals surface area contributed by atoms with E-state index in [4.69, 9.17) is 4.74 Å². The van der Waals surface area contributed by atoms with Crippen molar-refractivity contribution in [2.45, 2.75) is 13.5 Å². The van der Waals surface area contributed by atoms with Crippen molar-refractivity contribution < 1.29 is 18.3 Å². The predicted molar refractivity (Wildman–Crippen MR) is 71.9 cm³/mol. The number of hydrogen-bond donors (Lipinski definition) is 0. The average Bonchev–Trinajstić information content (AvgIpc) is 2.87. The summed E-state index contributed by atoms with van der Waals surface area (Å²) in [5.41, 5.74) is 0.208. The summed E-state index contributed by atoms with van der Waals surface area (Å²) >= 11 is 2.90. The van der Waals surface area contributed by atoms with E-state index in [-0.39, 0.29) is 21.5 Å². The predicted octanol–water partition coefficient (Wildman–Crippen LogP) is 3.18.